The van der Waals surface area contributed by atoms with Gasteiger partial charge in [-0.1, -0.05) is 12.1 Å². The molecule has 0 saturated heterocycles. The van der Waals surface area contributed by atoms with Gasteiger partial charge in [0.2, 0.25) is 10.0 Å². The summed E-state index contributed by atoms with van der Waals surface area (Å²) in [5.74, 6) is -1.24. The van der Waals surface area contributed by atoms with Crippen LogP contribution < -0.4 is 10.0 Å². The smallest absolute Gasteiger partial charge is 0.258 e. The molecular weight excluding hydrogens is 347 g/mol. The van der Waals surface area contributed by atoms with Gasteiger partial charge in [0.15, 0.2) is 0 Å². The number of anilines is 1. The van der Waals surface area contributed by atoms with Crippen molar-refractivity contribution in [2.75, 3.05) is 19.0 Å². The first kappa shape index (κ1) is 19.0. The van der Waals surface area contributed by atoms with Gasteiger partial charge in [-0.05, 0) is 43.3 Å². The van der Waals surface area contributed by atoms with Crippen molar-refractivity contribution in [1.82, 2.24) is 4.72 Å². The summed E-state index contributed by atoms with van der Waals surface area (Å²) in [6.07, 6.45) is 0. The average molecular weight is 366 g/mol. The number of carbonyl (C=O) groups is 1. The Morgan fingerprint density at radius 1 is 1.16 bits per heavy atom. The maximum Gasteiger partial charge on any atom is 0.258 e. The Bertz CT molecular complexity index is 838. The van der Waals surface area contributed by atoms with E-state index in [0.717, 1.165) is 0 Å². The third-order valence-corrected chi connectivity index (χ3v) is 4.92. The lowest BCUT2D eigenvalue weighted by Crippen LogP contribution is -2.35. The number of ether oxygens (including phenoxy) is 1. The number of rotatable bonds is 7. The van der Waals surface area contributed by atoms with Crippen LogP contribution in [0.15, 0.2) is 53.4 Å². The van der Waals surface area contributed by atoms with Gasteiger partial charge in [-0.2, -0.15) is 0 Å². The highest BCUT2D eigenvalue weighted by molar-refractivity contribution is 7.89. The minimum atomic E-state index is -3.69. The number of hydrogen-bond donors (Lipinski definition) is 2. The first-order valence-corrected chi connectivity index (χ1v) is 8.99. The molecule has 2 rings (SSSR count). The minimum absolute atomic E-state index is 0.0549. The van der Waals surface area contributed by atoms with E-state index in [1.54, 1.807) is 13.0 Å². The number of nitrogens with one attached hydrogen (secondary N) is 2. The van der Waals surface area contributed by atoms with Crippen LogP contribution in [0, 0.1) is 5.82 Å². The molecule has 0 aliphatic heterocycles. The summed E-state index contributed by atoms with van der Waals surface area (Å²) in [5.41, 5.74) is 0.270. The fourth-order valence-corrected chi connectivity index (χ4v) is 3.41. The molecule has 2 aromatic rings. The molecule has 134 valence electrons. The van der Waals surface area contributed by atoms with Crippen LogP contribution in [-0.4, -0.2) is 34.1 Å². The van der Waals surface area contributed by atoms with Gasteiger partial charge in [0.05, 0.1) is 17.1 Å². The monoisotopic (exact) mass is 366 g/mol. The van der Waals surface area contributed by atoms with Gasteiger partial charge < -0.3 is 10.1 Å². The van der Waals surface area contributed by atoms with Crippen LogP contribution >= 0.6 is 0 Å². The van der Waals surface area contributed by atoms with Crippen molar-refractivity contribution in [2.24, 2.45) is 0 Å². The Balaban J connectivity index is 2.09. The summed E-state index contributed by atoms with van der Waals surface area (Å²) < 4.78 is 45.4. The molecule has 1 unspecified atom stereocenters. The number of hydrogen-bond acceptors (Lipinski definition) is 4. The first-order valence-electron chi connectivity index (χ1n) is 7.50. The van der Waals surface area contributed by atoms with Crippen molar-refractivity contribution in [3.63, 3.8) is 0 Å². The largest absolute Gasteiger partial charge is 0.383 e. The normalized spacial score (nSPS) is 12.6. The fraction of sp³-hybridized carbons (Fsp3) is 0.235. The van der Waals surface area contributed by atoms with Crippen LogP contribution in [0.4, 0.5) is 10.1 Å². The Morgan fingerprint density at radius 3 is 2.40 bits per heavy atom. The Hall–Kier alpha value is -2.29. The lowest BCUT2D eigenvalue weighted by Gasteiger charge is -2.13. The van der Waals surface area contributed by atoms with Gasteiger partial charge in [-0.3, -0.25) is 4.79 Å². The number of carbonyl (C=O) groups excluding carboxylic acids is 1. The van der Waals surface area contributed by atoms with Gasteiger partial charge in [0.25, 0.3) is 5.91 Å². The van der Waals surface area contributed by atoms with Crippen LogP contribution in [0.1, 0.15) is 17.3 Å². The van der Waals surface area contributed by atoms with Gasteiger partial charge in [-0.25, -0.2) is 17.5 Å². The molecule has 0 saturated carbocycles. The van der Waals surface area contributed by atoms with Gasteiger partial charge in [0, 0.05) is 18.8 Å². The fourth-order valence-electron chi connectivity index (χ4n) is 2.18. The maximum atomic E-state index is 13.6. The molecular formula is C17H19FN2O4S. The first-order chi connectivity index (χ1) is 11.8. The zero-order chi connectivity index (χ0) is 18.4. The third-order valence-electron chi connectivity index (χ3n) is 3.31. The van der Waals surface area contributed by atoms with E-state index >= 15 is 0 Å². The molecule has 0 radical (unpaired) electrons. The second kappa shape index (κ2) is 8.19. The highest BCUT2D eigenvalue weighted by Crippen LogP contribution is 2.16. The summed E-state index contributed by atoms with van der Waals surface area (Å²) in [5, 5.41) is 2.52. The third kappa shape index (κ3) is 5.09. The van der Waals surface area contributed by atoms with Crippen molar-refractivity contribution >= 4 is 21.6 Å². The van der Waals surface area contributed by atoms with E-state index in [1.807, 2.05) is 0 Å². The molecule has 6 nitrogen and oxygen atoms in total. The SMILES string of the molecule is COCC(C)NS(=O)(=O)c1ccc(NC(=O)c2ccccc2F)cc1. The van der Waals surface area contributed by atoms with Crippen LogP contribution in [0.25, 0.3) is 0 Å². The molecule has 8 heteroatoms. The highest BCUT2D eigenvalue weighted by Gasteiger charge is 2.17. The molecule has 0 aliphatic rings. The van der Waals surface area contributed by atoms with E-state index < -0.39 is 21.7 Å². The van der Waals surface area contributed by atoms with Gasteiger partial charge in [0.1, 0.15) is 5.82 Å². The zero-order valence-corrected chi connectivity index (χ0v) is 14.6. The quantitative estimate of drug-likeness (QED) is 0.788. The topological polar surface area (TPSA) is 84.5 Å². The second-order valence-electron chi connectivity index (χ2n) is 5.44. The molecule has 2 N–H and O–H groups in total. The van der Waals surface area contributed by atoms with Crippen molar-refractivity contribution in [1.29, 1.82) is 0 Å². The molecule has 0 aromatic heterocycles. The standard InChI is InChI=1S/C17H19FN2O4S/c1-12(11-24-2)20-25(22,23)14-9-7-13(8-10-14)19-17(21)15-5-3-4-6-16(15)18/h3-10,12,20H,11H2,1-2H3,(H,19,21). The van der Waals surface area contributed by atoms with Crippen LogP contribution in [0.2, 0.25) is 0 Å². The minimum Gasteiger partial charge on any atom is -0.383 e. The molecule has 0 bridgehead atoms. The molecule has 0 fully saturated rings. The summed E-state index contributed by atoms with van der Waals surface area (Å²) in [7, 11) is -2.20. The van der Waals surface area contributed by atoms with Gasteiger partial charge >= 0.3 is 0 Å². The lowest BCUT2D eigenvalue weighted by molar-refractivity contribution is 0.102. The van der Waals surface area contributed by atoms with Crippen LogP contribution in [0.3, 0.4) is 0 Å². The molecule has 0 heterocycles. The maximum absolute atomic E-state index is 13.6. The number of benzene rings is 2. The molecule has 25 heavy (non-hydrogen) atoms. The molecule has 1 amide bonds. The van der Waals surface area contributed by atoms with Crippen LogP contribution in [0.5, 0.6) is 0 Å². The van der Waals surface area contributed by atoms with E-state index in [4.69, 9.17) is 4.74 Å². The number of sulfonamides is 1. The Morgan fingerprint density at radius 2 is 1.80 bits per heavy atom. The predicted octanol–water partition coefficient (Wildman–Crippen LogP) is 2.39. The van der Waals surface area contributed by atoms with Crippen molar-refractivity contribution in [3.8, 4) is 0 Å². The van der Waals surface area contributed by atoms with E-state index in [9.17, 15) is 17.6 Å². The van der Waals surface area contributed by atoms with E-state index in [1.165, 1.54) is 49.6 Å². The van der Waals surface area contributed by atoms with E-state index in [0.29, 0.717) is 5.69 Å². The highest BCUT2D eigenvalue weighted by atomic mass is 32.2. The van der Waals surface area contributed by atoms with E-state index in [-0.39, 0.29) is 23.1 Å². The average Bonchev–Trinajstić information content (AvgIpc) is 2.55. The van der Waals surface area contributed by atoms with Crippen molar-refractivity contribution in [3.05, 3.63) is 59.9 Å². The van der Waals surface area contributed by atoms with Crippen molar-refractivity contribution in [2.45, 2.75) is 17.9 Å². The lowest BCUT2D eigenvalue weighted by atomic mass is 10.2. The van der Waals surface area contributed by atoms with Crippen LogP contribution in [-0.2, 0) is 14.8 Å². The second-order valence-corrected chi connectivity index (χ2v) is 7.15. The Kier molecular flexibility index (Phi) is 6.24. The molecule has 0 aliphatic carbocycles. The summed E-state index contributed by atoms with van der Waals surface area (Å²) in [4.78, 5) is 12.1. The van der Waals surface area contributed by atoms with E-state index in [2.05, 4.69) is 10.0 Å². The predicted molar refractivity (Wildman–Crippen MR) is 92.5 cm³/mol. The van der Waals surface area contributed by atoms with Gasteiger partial charge in [-0.15, -0.1) is 0 Å². The number of methoxy groups -OCH3 is 1. The summed E-state index contributed by atoms with van der Waals surface area (Å²) in [6, 6.07) is 10.8. The molecule has 2 aromatic carbocycles. The number of amides is 1. The molecule has 1 atom stereocenters. The summed E-state index contributed by atoms with van der Waals surface area (Å²) >= 11 is 0. The summed E-state index contributed by atoms with van der Waals surface area (Å²) in [6.45, 7) is 1.93. The zero-order valence-electron chi connectivity index (χ0n) is 13.8. The molecule has 0 spiro atoms. The number of halogens is 1. The Labute approximate surface area is 146 Å². The van der Waals surface area contributed by atoms with Crippen molar-refractivity contribution < 1.29 is 22.3 Å².